The molecule has 2 nitrogen and oxygen atoms in total. The second-order valence-corrected chi connectivity index (χ2v) is 4.13. The summed E-state index contributed by atoms with van der Waals surface area (Å²) < 4.78 is 0. The van der Waals surface area contributed by atoms with Crippen LogP contribution in [0.25, 0.3) is 0 Å². The molecule has 0 unspecified atom stereocenters. The number of carboxylic acid groups (broad SMARTS) is 1. The van der Waals surface area contributed by atoms with Crippen molar-refractivity contribution in [2.75, 3.05) is 0 Å². The van der Waals surface area contributed by atoms with Gasteiger partial charge in [-0.3, -0.25) is 0 Å². The Morgan fingerprint density at radius 1 is 1.13 bits per heavy atom. The van der Waals surface area contributed by atoms with Gasteiger partial charge in [0.2, 0.25) is 0 Å². The van der Waals surface area contributed by atoms with E-state index in [0.29, 0.717) is 5.56 Å². The van der Waals surface area contributed by atoms with Crippen LogP contribution in [0.2, 0.25) is 0 Å². The molecule has 1 aromatic rings. The maximum absolute atomic E-state index is 10.6. The van der Waals surface area contributed by atoms with Gasteiger partial charge in [-0.25, -0.2) is 4.79 Å². The minimum atomic E-state index is -0.875. The molecule has 0 saturated carbocycles. The molecule has 1 rings (SSSR count). The average molecular weight is 242 g/mol. The molecule has 0 atom stereocenters. The van der Waals surface area contributed by atoms with Crippen molar-refractivity contribution in [1.82, 2.24) is 0 Å². The van der Waals surface area contributed by atoms with Gasteiger partial charge in [0.25, 0.3) is 0 Å². The van der Waals surface area contributed by atoms with Crippen molar-refractivity contribution in [3.63, 3.8) is 0 Å². The van der Waals surface area contributed by atoms with E-state index in [1.54, 1.807) is 12.1 Å². The number of aromatic carboxylic acids is 1. The molecule has 1 N–H and O–H groups in total. The molecular weight excluding hydrogens is 226 g/mol. The van der Waals surface area contributed by atoms with Crippen molar-refractivity contribution < 1.29 is 9.90 Å². The Kier molecular flexibility index (Phi) is 9.48. The number of benzene rings is 1. The van der Waals surface area contributed by atoms with Gasteiger partial charge in [0, 0.05) is 0 Å². The average Bonchev–Trinajstić information content (AvgIpc) is 2.03. The summed E-state index contributed by atoms with van der Waals surface area (Å²) in [5.74, 6) is -0.875. The van der Waals surface area contributed by atoms with Crippen LogP contribution in [0, 0.1) is 0 Å². The van der Waals surface area contributed by atoms with E-state index in [-0.39, 0.29) is 86.4 Å². The molecule has 0 radical (unpaired) electrons. The summed E-state index contributed by atoms with van der Waals surface area (Å²) in [6.07, 6.45) is 0. The van der Waals surface area contributed by atoms with Crippen molar-refractivity contribution in [2.45, 2.75) is 26.2 Å². The minimum absolute atomic E-state index is 0. The van der Waals surface area contributed by atoms with Gasteiger partial charge in [0.15, 0.2) is 0 Å². The van der Waals surface area contributed by atoms with Crippen molar-refractivity contribution in [2.24, 2.45) is 0 Å². The number of carboxylic acids is 1. The van der Waals surface area contributed by atoms with Crippen LogP contribution < -0.4 is 0 Å². The van der Waals surface area contributed by atoms with Gasteiger partial charge in [-0.2, -0.15) is 0 Å². The van der Waals surface area contributed by atoms with Gasteiger partial charge in [-0.05, 0) is 23.1 Å². The molecule has 0 aliphatic rings. The Balaban J connectivity index is 0. The van der Waals surface area contributed by atoms with E-state index in [4.69, 9.17) is 5.11 Å². The van der Waals surface area contributed by atoms with E-state index in [1.807, 2.05) is 12.1 Å². The summed E-state index contributed by atoms with van der Waals surface area (Å²) in [5, 5.41) is 8.68. The predicted molar refractivity (Wildman–Crippen MR) is 66.4 cm³/mol. The summed E-state index contributed by atoms with van der Waals surface area (Å²) in [6, 6.07) is 7.01. The number of carbonyl (C=O) groups is 1. The fourth-order valence-corrected chi connectivity index (χ4v) is 1.11. The Morgan fingerprint density at radius 2 is 1.53 bits per heavy atom. The Bertz CT molecular complexity index is 314. The maximum atomic E-state index is 10.6. The first-order valence-electron chi connectivity index (χ1n) is 4.25. The molecule has 0 amide bonds. The molecule has 0 spiro atoms. The van der Waals surface area contributed by atoms with Crippen LogP contribution in [-0.2, 0) is 5.41 Å². The zero-order valence-electron chi connectivity index (χ0n) is 8.16. The van der Waals surface area contributed by atoms with Gasteiger partial charge in [-0.15, -0.1) is 0 Å². The van der Waals surface area contributed by atoms with E-state index < -0.39 is 5.97 Å². The number of hydrogen-bond acceptors (Lipinski definition) is 1. The van der Waals surface area contributed by atoms with Crippen LogP contribution in [0.15, 0.2) is 24.3 Å². The van der Waals surface area contributed by atoms with Crippen LogP contribution in [0.1, 0.15) is 36.7 Å². The molecule has 0 bridgehead atoms. The van der Waals surface area contributed by atoms with E-state index in [2.05, 4.69) is 20.8 Å². The molecular formula is C11H16KNaO2. The second kappa shape index (κ2) is 7.61. The molecule has 15 heavy (non-hydrogen) atoms. The molecule has 1 aromatic carbocycles. The predicted octanol–water partition coefficient (Wildman–Crippen LogP) is 1.39. The first-order valence-corrected chi connectivity index (χ1v) is 4.25. The third-order valence-electron chi connectivity index (χ3n) is 2.00. The zero-order chi connectivity index (χ0) is 10.1. The van der Waals surface area contributed by atoms with Gasteiger partial charge in [0.05, 0.1) is 5.56 Å². The van der Waals surface area contributed by atoms with Gasteiger partial charge >= 0.3 is 86.9 Å². The summed E-state index contributed by atoms with van der Waals surface area (Å²) in [7, 11) is 0. The molecule has 0 aromatic heterocycles. The van der Waals surface area contributed by atoms with E-state index in [1.165, 1.54) is 0 Å². The summed E-state index contributed by atoms with van der Waals surface area (Å²) in [5.41, 5.74) is 1.57. The quantitative estimate of drug-likeness (QED) is 0.756. The fraction of sp³-hybridized carbons (Fsp3) is 0.364. The van der Waals surface area contributed by atoms with Crippen molar-refractivity contribution in [1.29, 1.82) is 0 Å². The first-order chi connectivity index (χ1) is 5.91. The molecule has 0 aliphatic heterocycles. The normalized spacial score (nSPS) is 9.80. The number of rotatable bonds is 1. The van der Waals surface area contributed by atoms with E-state index in [9.17, 15) is 4.79 Å². The standard InChI is InChI=1S/C11H14O2.K.Na.2H/c1-11(2,3)9-6-4-8(5-7-9)10(12)13;;;;/h4-7H,1-3H3,(H,12,13);;;;. The first kappa shape index (κ1) is 18.7. The Morgan fingerprint density at radius 3 is 1.80 bits per heavy atom. The second-order valence-electron chi connectivity index (χ2n) is 4.13. The van der Waals surface area contributed by atoms with Crippen LogP contribution >= 0.6 is 0 Å². The molecule has 0 aliphatic carbocycles. The van der Waals surface area contributed by atoms with Crippen molar-refractivity contribution in [3.8, 4) is 0 Å². The summed E-state index contributed by atoms with van der Waals surface area (Å²) in [6.45, 7) is 6.30. The van der Waals surface area contributed by atoms with Crippen molar-refractivity contribution in [3.05, 3.63) is 35.4 Å². The van der Waals surface area contributed by atoms with Crippen LogP contribution in [-0.4, -0.2) is 92.0 Å². The Labute approximate surface area is 156 Å². The number of hydrogen-bond donors (Lipinski definition) is 1. The van der Waals surface area contributed by atoms with Gasteiger partial charge in [0.1, 0.15) is 0 Å². The van der Waals surface area contributed by atoms with Gasteiger partial charge in [-0.1, -0.05) is 32.9 Å². The molecule has 74 valence electrons. The molecule has 0 fully saturated rings. The molecule has 0 heterocycles. The topological polar surface area (TPSA) is 37.3 Å². The monoisotopic (exact) mass is 242 g/mol. The van der Waals surface area contributed by atoms with Crippen LogP contribution in [0.4, 0.5) is 0 Å². The third-order valence-corrected chi connectivity index (χ3v) is 2.00. The SMILES string of the molecule is CC(C)(C)c1ccc(C(=O)O)cc1.[KH].[NaH]. The van der Waals surface area contributed by atoms with E-state index >= 15 is 0 Å². The Hall–Kier alpha value is 1.33. The molecule has 4 heteroatoms. The fourth-order valence-electron chi connectivity index (χ4n) is 1.11. The van der Waals surface area contributed by atoms with Crippen LogP contribution in [0.3, 0.4) is 0 Å². The zero-order valence-corrected chi connectivity index (χ0v) is 8.16. The van der Waals surface area contributed by atoms with Crippen LogP contribution in [0.5, 0.6) is 0 Å². The summed E-state index contributed by atoms with van der Waals surface area (Å²) >= 11 is 0. The molecule has 0 saturated heterocycles. The third kappa shape index (κ3) is 5.98. The summed E-state index contributed by atoms with van der Waals surface area (Å²) in [4.78, 5) is 10.6. The van der Waals surface area contributed by atoms with E-state index in [0.717, 1.165) is 5.56 Å². The van der Waals surface area contributed by atoms with Gasteiger partial charge < -0.3 is 5.11 Å². The van der Waals surface area contributed by atoms with Crippen molar-refractivity contribution >= 4 is 86.9 Å².